The second kappa shape index (κ2) is 17.6. The monoisotopic (exact) mass is 584 g/mol. The van der Waals surface area contributed by atoms with E-state index in [1.807, 2.05) is 13.8 Å². The van der Waals surface area contributed by atoms with Gasteiger partial charge in [0.2, 0.25) is 5.89 Å². The lowest BCUT2D eigenvalue weighted by molar-refractivity contribution is 0.135. The molecule has 1 aromatic carbocycles. The summed E-state index contributed by atoms with van der Waals surface area (Å²) >= 11 is 3.68. The fourth-order valence-electron chi connectivity index (χ4n) is 4.45. The number of oxazole rings is 1. The number of benzene rings is 1. The summed E-state index contributed by atoms with van der Waals surface area (Å²) in [6, 6.07) is 8.28. The zero-order chi connectivity index (χ0) is 27.9. The van der Waals surface area contributed by atoms with E-state index in [1.54, 1.807) is 6.20 Å². The molecule has 2 aliphatic carbocycles. The van der Waals surface area contributed by atoms with E-state index in [4.69, 9.17) is 9.15 Å². The number of aromatic nitrogens is 1. The van der Waals surface area contributed by atoms with Crippen molar-refractivity contribution in [3.8, 4) is 11.3 Å². The number of hydrogen-bond donors (Lipinski definition) is 0. The molecule has 0 N–H and O–H groups in total. The minimum Gasteiger partial charge on any atom is -0.440 e. The van der Waals surface area contributed by atoms with Crippen LogP contribution in [0.3, 0.4) is 0 Å². The van der Waals surface area contributed by atoms with Crippen molar-refractivity contribution in [1.29, 1.82) is 0 Å². The number of aliphatic imine (C=N–C) groups is 1. The van der Waals surface area contributed by atoms with Crippen molar-refractivity contribution < 1.29 is 9.15 Å². The van der Waals surface area contributed by atoms with Gasteiger partial charge >= 0.3 is 0 Å². The lowest BCUT2D eigenvalue weighted by Gasteiger charge is -2.20. The highest BCUT2D eigenvalue weighted by molar-refractivity contribution is 9.11. The highest BCUT2D eigenvalue weighted by Crippen LogP contribution is 2.40. The normalized spacial score (nSPS) is 17.6. The van der Waals surface area contributed by atoms with Crippen LogP contribution in [0.2, 0.25) is 0 Å². The van der Waals surface area contributed by atoms with Crippen LogP contribution < -0.4 is 0 Å². The first-order valence-electron chi connectivity index (χ1n) is 14.4. The minimum absolute atomic E-state index is 0.0750. The average molecular weight is 586 g/mol. The summed E-state index contributed by atoms with van der Waals surface area (Å²) < 4.78 is 12.3. The molecule has 1 heterocycles. The number of aryl methyl sites for hydroxylation is 1. The Morgan fingerprint density at radius 2 is 1.66 bits per heavy atom. The molecule has 2 aromatic rings. The van der Waals surface area contributed by atoms with Crippen LogP contribution in [-0.2, 0) is 4.74 Å². The molecular formula is C33H49BrN2O2. The predicted molar refractivity (Wildman–Crippen MR) is 166 cm³/mol. The highest BCUT2D eigenvalue weighted by atomic mass is 79.9. The van der Waals surface area contributed by atoms with Crippen LogP contribution in [0.15, 0.2) is 61.7 Å². The Morgan fingerprint density at radius 3 is 2.18 bits per heavy atom. The van der Waals surface area contributed by atoms with Crippen molar-refractivity contribution in [2.75, 3.05) is 13.2 Å². The van der Waals surface area contributed by atoms with Gasteiger partial charge < -0.3 is 9.15 Å². The Bertz CT molecular complexity index is 1040. The predicted octanol–water partition coefficient (Wildman–Crippen LogP) is 10.6. The van der Waals surface area contributed by atoms with Crippen molar-refractivity contribution in [3.05, 3.63) is 63.7 Å². The Balaban J connectivity index is 0.000000296. The third kappa shape index (κ3) is 11.4. The Morgan fingerprint density at radius 1 is 1.03 bits per heavy atom. The van der Waals surface area contributed by atoms with Crippen LogP contribution in [0, 0.1) is 12.8 Å². The van der Waals surface area contributed by atoms with Crippen LogP contribution in [0.1, 0.15) is 110 Å². The van der Waals surface area contributed by atoms with Gasteiger partial charge in [0.1, 0.15) is 0 Å². The van der Waals surface area contributed by atoms with E-state index in [-0.39, 0.29) is 5.92 Å². The average Bonchev–Trinajstić information content (AvgIpc) is 3.37. The molecule has 210 valence electrons. The summed E-state index contributed by atoms with van der Waals surface area (Å²) in [6.45, 7) is 16.7. The second-order valence-electron chi connectivity index (χ2n) is 10.8. The van der Waals surface area contributed by atoms with Gasteiger partial charge in [0, 0.05) is 41.1 Å². The first-order chi connectivity index (χ1) is 18.2. The first kappa shape index (κ1) is 32.2. The number of rotatable bonds is 7. The van der Waals surface area contributed by atoms with Crippen molar-refractivity contribution in [3.63, 3.8) is 0 Å². The zero-order valence-electron chi connectivity index (χ0n) is 24.8. The van der Waals surface area contributed by atoms with Gasteiger partial charge in [0.25, 0.3) is 0 Å². The molecular weight excluding hydrogens is 536 g/mol. The van der Waals surface area contributed by atoms with E-state index in [2.05, 4.69) is 90.9 Å². The standard InChI is InChI=1S/C20H21BrN2O.C7H14.C6H14O/c1-12(2)23-18-10-16(17(21)9-14(18)4)20-22-11-19(24-20)15-7-5-13(3)6-8-15;1-7-5-3-2-4-6-7;1-3-5-7-6-4-2/h5-9,11,16H,10H2,1-4H3;7H,2-6H2,1H3;3-6H2,1-2H3. The molecule has 0 radical (unpaired) electrons. The van der Waals surface area contributed by atoms with Gasteiger partial charge in [-0.3, -0.25) is 4.99 Å². The van der Waals surface area contributed by atoms with E-state index >= 15 is 0 Å². The molecule has 4 nitrogen and oxygen atoms in total. The largest absolute Gasteiger partial charge is 0.440 e. The van der Waals surface area contributed by atoms with Gasteiger partial charge in [-0.25, -0.2) is 4.98 Å². The lowest BCUT2D eigenvalue weighted by atomic mass is 9.91. The van der Waals surface area contributed by atoms with E-state index in [9.17, 15) is 0 Å². The van der Waals surface area contributed by atoms with Crippen molar-refractivity contribution in [1.82, 2.24) is 4.98 Å². The molecule has 5 heteroatoms. The van der Waals surface area contributed by atoms with E-state index < -0.39 is 0 Å². The molecule has 1 saturated carbocycles. The maximum atomic E-state index is 6.06. The van der Waals surface area contributed by atoms with E-state index in [0.717, 1.165) is 71.5 Å². The molecule has 0 amide bonds. The zero-order valence-corrected chi connectivity index (χ0v) is 26.4. The molecule has 1 fully saturated rings. The fraction of sp³-hybridized carbons (Fsp3) is 0.576. The Hall–Kier alpha value is -1.98. The van der Waals surface area contributed by atoms with Crippen molar-refractivity contribution in [2.45, 2.75) is 106 Å². The molecule has 4 rings (SSSR count). The minimum atomic E-state index is 0.0750. The Kier molecular flexibility index (Phi) is 14.9. The van der Waals surface area contributed by atoms with E-state index in [1.165, 1.54) is 43.2 Å². The molecule has 1 unspecified atom stereocenters. The van der Waals surface area contributed by atoms with Gasteiger partial charge in [-0.05, 0) is 58.1 Å². The first-order valence-corrected chi connectivity index (χ1v) is 15.2. The third-order valence-electron chi connectivity index (χ3n) is 6.65. The SMILES string of the molecule is CC(C)=NC1=C(C)C=C(Br)C(c2ncc(-c3ccc(C)cc3)o2)C1.CC1CCCCC1.CCCOCCC. The second-order valence-corrected chi connectivity index (χ2v) is 11.7. The van der Waals surface area contributed by atoms with Crippen LogP contribution in [-0.4, -0.2) is 23.9 Å². The van der Waals surface area contributed by atoms with Gasteiger partial charge in [-0.15, -0.1) is 0 Å². The van der Waals surface area contributed by atoms with Crippen molar-refractivity contribution in [2.24, 2.45) is 10.9 Å². The summed E-state index contributed by atoms with van der Waals surface area (Å²) in [5.41, 5.74) is 5.62. The number of nitrogens with zero attached hydrogens (tertiary/aromatic N) is 2. The van der Waals surface area contributed by atoms with Crippen LogP contribution in [0.5, 0.6) is 0 Å². The summed E-state index contributed by atoms with van der Waals surface area (Å²) in [5, 5.41) is 0. The summed E-state index contributed by atoms with van der Waals surface area (Å²) in [4.78, 5) is 9.18. The van der Waals surface area contributed by atoms with E-state index in [0.29, 0.717) is 0 Å². The topological polar surface area (TPSA) is 47.6 Å². The highest BCUT2D eigenvalue weighted by Gasteiger charge is 2.26. The molecule has 0 aliphatic heterocycles. The molecule has 0 saturated heterocycles. The Labute approximate surface area is 240 Å². The number of halogens is 1. The molecule has 0 bridgehead atoms. The number of hydrogen-bond acceptors (Lipinski definition) is 4. The molecule has 38 heavy (non-hydrogen) atoms. The quantitative estimate of drug-likeness (QED) is 0.240. The van der Waals surface area contributed by atoms with Crippen LogP contribution in [0.4, 0.5) is 0 Å². The molecule has 1 atom stereocenters. The van der Waals surface area contributed by atoms with Gasteiger partial charge in [-0.1, -0.05) is 98.6 Å². The third-order valence-corrected chi connectivity index (χ3v) is 7.43. The van der Waals surface area contributed by atoms with Gasteiger partial charge in [-0.2, -0.15) is 0 Å². The van der Waals surface area contributed by atoms with Crippen molar-refractivity contribution >= 4 is 21.6 Å². The number of allylic oxidation sites excluding steroid dienone is 4. The van der Waals surface area contributed by atoms with Gasteiger partial charge in [0.05, 0.1) is 12.1 Å². The summed E-state index contributed by atoms with van der Waals surface area (Å²) in [5.74, 6) is 2.63. The van der Waals surface area contributed by atoms with Crippen LogP contribution in [0.25, 0.3) is 11.3 Å². The maximum absolute atomic E-state index is 6.06. The molecule has 0 spiro atoms. The fourth-order valence-corrected chi connectivity index (χ4v) is 5.15. The molecule has 2 aliphatic rings. The van der Waals surface area contributed by atoms with Crippen LogP contribution >= 0.6 is 15.9 Å². The number of ether oxygens (including phenoxy) is 1. The molecule has 1 aromatic heterocycles. The maximum Gasteiger partial charge on any atom is 0.203 e. The smallest absolute Gasteiger partial charge is 0.203 e. The lowest BCUT2D eigenvalue weighted by Crippen LogP contribution is -2.07. The summed E-state index contributed by atoms with van der Waals surface area (Å²) in [6.07, 6.45) is 14.4. The van der Waals surface area contributed by atoms with Gasteiger partial charge in [0.15, 0.2) is 5.76 Å². The summed E-state index contributed by atoms with van der Waals surface area (Å²) in [7, 11) is 0.